The van der Waals surface area contributed by atoms with Crippen LogP contribution >= 0.6 is 12.2 Å². The molecule has 1 aliphatic heterocycles. The van der Waals surface area contributed by atoms with Gasteiger partial charge in [0.2, 0.25) is 0 Å². The first-order valence-electron chi connectivity index (χ1n) is 6.15. The molecule has 0 amide bonds. The predicted molar refractivity (Wildman–Crippen MR) is 79.2 cm³/mol. The van der Waals surface area contributed by atoms with Crippen molar-refractivity contribution in [2.24, 2.45) is 0 Å². The molecule has 0 atom stereocenters. The Balaban J connectivity index is 2.02. The lowest BCUT2D eigenvalue weighted by Gasteiger charge is -2.21. The van der Waals surface area contributed by atoms with E-state index in [2.05, 4.69) is 10.6 Å². The first-order chi connectivity index (χ1) is 9.61. The quantitative estimate of drug-likeness (QED) is 0.648. The normalized spacial score (nSPS) is 14.4. The lowest BCUT2D eigenvalue weighted by molar-refractivity contribution is -0.140. The van der Waals surface area contributed by atoms with Crippen LogP contribution in [0.4, 0.5) is 0 Å². The maximum Gasteiger partial charge on any atom is 0.337 e. The highest BCUT2D eigenvalue weighted by Crippen LogP contribution is 2.19. The summed E-state index contributed by atoms with van der Waals surface area (Å²) in [5, 5.41) is 6.32. The summed E-state index contributed by atoms with van der Waals surface area (Å²) in [5.41, 5.74) is 2.10. The first-order valence-corrected chi connectivity index (χ1v) is 6.56. The van der Waals surface area contributed by atoms with Gasteiger partial charge >= 0.3 is 5.97 Å². The van der Waals surface area contributed by atoms with Crippen LogP contribution < -0.4 is 15.4 Å². The Kier molecular flexibility index (Phi) is 4.57. The molecule has 20 heavy (non-hydrogen) atoms. The van der Waals surface area contributed by atoms with Crippen LogP contribution in [0.25, 0.3) is 0 Å². The maximum atomic E-state index is 12.0. The Morgan fingerprint density at radius 3 is 2.85 bits per heavy atom. The Labute approximate surface area is 123 Å². The second-order valence-corrected chi connectivity index (χ2v) is 4.71. The van der Waals surface area contributed by atoms with Crippen LogP contribution in [0.2, 0.25) is 0 Å². The average Bonchev–Trinajstić information content (AvgIpc) is 2.45. The molecule has 2 N–H and O–H groups in total. The number of carbonyl (C=O) groups excluding carboxylic acids is 1. The number of para-hydroxylation sites is 1. The van der Waals surface area contributed by atoms with Crippen molar-refractivity contribution >= 4 is 23.3 Å². The molecule has 6 heteroatoms. The smallest absolute Gasteiger partial charge is 0.337 e. The van der Waals surface area contributed by atoms with Crippen molar-refractivity contribution in [3.63, 3.8) is 0 Å². The highest BCUT2D eigenvalue weighted by Gasteiger charge is 2.20. The second kappa shape index (κ2) is 6.38. The van der Waals surface area contributed by atoms with E-state index in [-0.39, 0.29) is 12.6 Å². The highest BCUT2D eigenvalue weighted by atomic mass is 32.1. The fourth-order valence-corrected chi connectivity index (χ4v) is 2.09. The van der Waals surface area contributed by atoms with Gasteiger partial charge in [0.25, 0.3) is 0 Å². The van der Waals surface area contributed by atoms with Crippen molar-refractivity contribution < 1.29 is 14.3 Å². The minimum atomic E-state index is -0.365. The summed E-state index contributed by atoms with van der Waals surface area (Å²) >= 11 is 4.97. The molecule has 0 spiro atoms. The number of nitrogens with one attached hydrogen (secondary N) is 2. The fraction of sp³-hybridized carbons (Fsp3) is 0.286. The predicted octanol–water partition coefficient (Wildman–Crippen LogP) is 1.49. The molecule has 1 aromatic carbocycles. The van der Waals surface area contributed by atoms with Gasteiger partial charge in [0.15, 0.2) is 5.11 Å². The fourth-order valence-electron chi connectivity index (χ4n) is 1.87. The van der Waals surface area contributed by atoms with Gasteiger partial charge in [-0.3, -0.25) is 0 Å². The van der Waals surface area contributed by atoms with E-state index in [1.165, 1.54) is 0 Å². The number of allylic oxidation sites excluding steroid dienone is 1. The molecule has 0 aliphatic carbocycles. The zero-order valence-corrected chi connectivity index (χ0v) is 12.2. The number of benzene rings is 1. The van der Waals surface area contributed by atoms with Gasteiger partial charge in [-0.15, -0.1) is 0 Å². The van der Waals surface area contributed by atoms with Crippen LogP contribution in [0.5, 0.6) is 5.75 Å². The highest BCUT2D eigenvalue weighted by molar-refractivity contribution is 7.80. The van der Waals surface area contributed by atoms with Gasteiger partial charge in [0.1, 0.15) is 12.4 Å². The first kappa shape index (κ1) is 14.3. The topological polar surface area (TPSA) is 59.6 Å². The number of methoxy groups -OCH3 is 1. The van der Waals surface area contributed by atoms with Gasteiger partial charge in [0.05, 0.1) is 19.2 Å². The molecule has 0 saturated heterocycles. The summed E-state index contributed by atoms with van der Waals surface area (Å²) in [6.07, 6.45) is 0. The van der Waals surface area contributed by atoms with Crippen molar-refractivity contribution in [3.05, 3.63) is 41.1 Å². The van der Waals surface area contributed by atoms with Gasteiger partial charge < -0.3 is 20.1 Å². The lowest BCUT2D eigenvalue weighted by Crippen LogP contribution is -2.42. The number of esters is 1. The number of rotatable bonds is 4. The van der Waals surface area contributed by atoms with Crippen LogP contribution in [0.3, 0.4) is 0 Å². The molecular formula is C14H16N2O3S. The molecule has 1 aromatic rings. The van der Waals surface area contributed by atoms with Gasteiger partial charge in [-0.2, -0.15) is 0 Å². The second-order valence-electron chi connectivity index (χ2n) is 4.30. The summed E-state index contributed by atoms with van der Waals surface area (Å²) < 4.78 is 10.5. The van der Waals surface area contributed by atoms with E-state index in [9.17, 15) is 4.79 Å². The Morgan fingerprint density at radius 2 is 2.15 bits per heavy atom. The lowest BCUT2D eigenvalue weighted by atomic mass is 10.2. The molecular weight excluding hydrogens is 276 g/mol. The van der Waals surface area contributed by atoms with Gasteiger partial charge in [-0.1, -0.05) is 18.2 Å². The Bertz CT molecular complexity index is 569. The van der Waals surface area contributed by atoms with Gasteiger partial charge in [-0.25, -0.2) is 4.79 Å². The summed E-state index contributed by atoms with van der Waals surface area (Å²) in [4.78, 5) is 12.0. The number of hydrogen-bond donors (Lipinski definition) is 2. The van der Waals surface area contributed by atoms with E-state index in [0.717, 1.165) is 11.3 Å². The molecule has 0 aromatic heterocycles. The van der Waals surface area contributed by atoms with Crippen LogP contribution in [0.1, 0.15) is 12.5 Å². The Morgan fingerprint density at radius 1 is 1.40 bits per heavy atom. The molecule has 2 rings (SSSR count). The Hall–Kier alpha value is -2.08. The zero-order chi connectivity index (χ0) is 14.5. The summed E-state index contributed by atoms with van der Waals surface area (Å²) in [5.74, 6) is 0.336. The largest absolute Gasteiger partial charge is 0.496 e. The summed E-state index contributed by atoms with van der Waals surface area (Å²) in [7, 11) is 1.59. The van der Waals surface area contributed by atoms with Crippen LogP contribution in [-0.4, -0.2) is 24.7 Å². The van der Waals surface area contributed by atoms with Crippen molar-refractivity contribution in [2.75, 3.05) is 13.7 Å². The third-order valence-corrected chi connectivity index (χ3v) is 3.22. The van der Waals surface area contributed by atoms with E-state index < -0.39 is 0 Å². The van der Waals surface area contributed by atoms with E-state index >= 15 is 0 Å². The number of ether oxygens (including phenoxy) is 2. The summed E-state index contributed by atoms with van der Waals surface area (Å²) in [6.45, 7) is 2.35. The van der Waals surface area contributed by atoms with Crippen molar-refractivity contribution in [2.45, 2.75) is 13.5 Å². The van der Waals surface area contributed by atoms with Crippen LogP contribution in [-0.2, 0) is 16.1 Å². The third-order valence-electron chi connectivity index (χ3n) is 2.98. The van der Waals surface area contributed by atoms with Crippen molar-refractivity contribution in [1.82, 2.24) is 10.6 Å². The molecule has 0 saturated carbocycles. The number of carbonyl (C=O) groups is 1. The van der Waals surface area contributed by atoms with Gasteiger partial charge in [-0.05, 0) is 25.2 Å². The van der Waals surface area contributed by atoms with E-state index in [0.29, 0.717) is 23.0 Å². The minimum Gasteiger partial charge on any atom is -0.496 e. The monoisotopic (exact) mass is 292 g/mol. The third kappa shape index (κ3) is 3.27. The minimum absolute atomic E-state index is 0.171. The molecule has 1 aliphatic rings. The average molecular weight is 292 g/mol. The molecule has 0 radical (unpaired) electrons. The van der Waals surface area contributed by atoms with Crippen LogP contribution in [0.15, 0.2) is 35.5 Å². The van der Waals surface area contributed by atoms with E-state index in [1.807, 2.05) is 24.3 Å². The van der Waals surface area contributed by atoms with Crippen LogP contribution in [0, 0.1) is 0 Å². The molecule has 1 heterocycles. The van der Waals surface area contributed by atoms with E-state index in [1.54, 1.807) is 14.0 Å². The van der Waals surface area contributed by atoms with E-state index in [4.69, 9.17) is 21.7 Å². The molecule has 0 bridgehead atoms. The maximum absolute atomic E-state index is 12.0. The number of thiocarbonyl (C=S) groups is 1. The van der Waals surface area contributed by atoms with Gasteiger partial charge in [0, 0.05) is 11.3 Å². The summed E-state index contributed by atoms with van der Waals surface area (Å²) in [6, 6.07) is 7.43. The van der Waals surface area contributed by atoms with Crippen molar-refractivity contribution in [3.8, 4) is 5.75 Å². The molecule has 0 unspecified atom stereocenters. The standard InChI is InChI=1S/C14H16N2O3S/c1-9-11(7-15-14(20)16-9)13(17)19-8-10-5-3-4-6-12(10)18-2/h3-6H,7-8H2,1-2H3,(H2,15,16,20). The molecule has 106 valence electrons. The molecule has 5 nitrogen and oxygen atoms in total. The van der Waals surface area contributed by atoms with Crippen molar-refractivity contribution in [1.29, 1.82) is 0 Å². The number of hydrogen-bond acceptors (Lipinski definition) is 4. The zero-order valence-electron chi connectivity index (χ0n) is 11.4. The SMILES string of the molecule is COc1ccccc1COC(=O)C1=C(C)NC(=S)NC1. The molecule has 0 fully saturated rings.